The van der Waals surface area contributed by atoms with Crippen LogP contribution in [0, 0.1) is 5.41 Å². The lowest BCUT2D eigenvalue weighted by Crippen LogP contribution is -2.26. The van der Waals surface area contributed by atoms with Crippen molar-refractivity contribution in [1.29, 1.82) is 5.41 Å². The summed E-state index contributed by atoms with van der Waals surface area (Å²) in [5.41, 5.74) is 4.49. The molecule has 0 fully saturated rings. The number of amides is 1. The van der Waals surface area contributed by atoms with E-state index >= 15 is 0 Å². The fourth-order valence-corrected chi connectivity index (χ4v) is 6.07. The molecule has 0 aliphatic heterocycles. The molecule has 3 N–H and O–H groups in total. The van der Waals surface area contributed by atoms with Crippen LogP contribution in [-0.2, 0) is 9.84 Å². The van der Waals surface area contributed by atoms with E-state index in [1.165, 1.54) is 17.6 Å². The predicted octanol–water partition coefficient (Wildman–Crippen LogP) is 5.98. The van der Waals surface area contributed by atoms with Crippen LogP contribution in [-0.4, -0.2) is 49.7 Å². The van der Waals surface area contributed by atoms with Gasteiger partial charge in [0.25, 0.3) is 5.91 Å². The number of benzene rings is 2. The molecule has 0 atom stereocenters. The SMILES string of the molecule is CN/C(C)=C(/CCNC(=O)c1cc(-c2ccc(-c3cccc(S(C)(=O)=O)c3)s2)n(-c2ccccc2Cl)n1)C(C)=N. The number of carbonyl (C=O) groups excluding carboxylic acids is 1. The molecule has 11 heteroatoms. The summed E-state index contributed by atoms with van der Waals surface area (Å²) in [6.45, 7) is 3.97. The molecule has 0 saturated heterocycles. The van der Waals surface area contributed by atoms with Crippen LogP contribution in [0.15, 0.2) is 82.9 Å². The number of rotatable bonds is 10. The Morgan fingerprint density at radius 1 is 1.05 bits per heavy atom. The maximum Gasteiger partial charge on any atom is 0.271 e. The Morgan fingerprint density at radius 2 is 1.77 bits per heavy atom. The maximum atomic E-state index is 13.1. The van der Waals surface area contributed by atoms with Crippen LogP contribution in [0.2, 0.25) is 5.02 Å². The van der Waals surface area contributed by atoms with Crippen LogP contribution in [0.4, 0.5) is 0 Å². The Morgan fingerprint density at radius 3 is 2.45 bits per heavy atom. The fraction of sp³-hybridized carbons (Fsp3) is 0.207. The van der Waals surface area contributed by atoms with E-state index in [0.717, 1.165) is 26.6 Å². The first kappa shape index (κ1) is 29.3. The number of nitrogens with zero attached hydrogens (tertiary/aromatic N) is 2. The molecule has 0 radical (unpaired) electrons. The number of hydrogen-bond acceptors (Lipinski definition) is 7. The molecule has 2 aromatic carbocycles. The van der Waals surface area contributed by atoms with Gasteiger partial charge in [-0.3, -0.25) is 4.79 Å². The van der Waals surface area contributed by atoms with Crippen LogP contribution in [0.25, 0.3) is 26.7 Å². The van der Waals surface area contributed by atoms with Crippen LogP contribution in [0.5, 0.6) is 0 Å². The minimum absolute atomic E-state index is 0.228. The molecule has 208 valence electrons. The van der Waals surface area contributed by atoms with Gasteiger partial charge in [-0.1, -0.05) is 35.9 Å². The van der Waals surface area contributed by atoms with Crippen molar-refractivity contribution in [2.75, 3.05) is 19.8 Å². The molecule has 2 aromatic heterocycles. The highest BCUT2D eigenvalue weighted by molar-refractivity contribution is 7.90. The average molecular weight is 596 g/mol. The predicted molar refractivity (Wildman–Crippen MR) is 163 cm³/mol. The standard InChI is InChI=1S/C29H30ClN5O3S2/c1-18(31)22(19(2)32-3)14-15-33-29(36)24-17-26(35(34-24)25-11-6-5-10-23(25)30)28-13-12-27(39-28)20-8-7-9-21(16-20)40(4,37)38/h5-13,16-17,31-32H,14-15H2,1-4H3,(H,33,36)/b22-19-,31-18?. The zero-order valence-electron chi connectivity index (χ0n) is 22.6. The molecule has 0 bridgehead atoms. The van der Waals surface area contributed by atoms with Crippen molar-refractivity contribution in [2.45, 2.75) is 25.2 Å². The molecule has 40 heavy (non-hydrogen) atoms. The van der Waals surface area contributed by atoms with Gasteiger partial charge in [-0.25, -0.2) is 13.1 Å². The highest BCUT2D eigenvalue weighted by Crippen LogP contribution is 2.37. The van der Waals surface area contributed by atoms with Gasteiger partial charge in [0.15, 0.2) is 15.5 Å². The summed E-state index contributed by atoms with van der Waals surface area (Å²) in [7, 11) is -1.54. The number of allylic oxidation sites excluding steroid dienone is 1. The number of nitrogens with one attached hydrogen (secondary N) is 3. The van der Waals surface area contributed by atoms with Crippen molar-refractivity contribution in [2.24, 2.45) is 0 Å². The van der Waals surface area contributed by atoms with Crippen molar-refractivity contribution < 1.29 is 13.2 Å². The molecule has 0 spiro atoms. The number of sulfone groups is 1. The molecule has 2 heterocycles. The van der Waals surface area contributed by atoms with Gasteiger partial charge in [-0.2, -0.15) is 5.10 Å². The van der Waals surface area contributed by atoms with Crippen LogP contribution >= 0.6 is 22.9 Å². The number of halogens is 1. The number of thiophene rings is 1. The maximum absolute atomic E-state index is 13.1. The number of hydrogen-bond donors (Lipinski definition) is 3. The Bertz CT molecular complexity index is 1720. The van der Waals surface area contributed by atoms with Gasteiger partial charge in [-0.15, -0.1) is 11.3 Å². The van der Waals surface area contributed by atoms with E-state index in [1.54, 1.807) is 49.0 Å². The number of aromatic nitrogens is 2. The van der Waals surface area contributed by atoms with E-state index in [1.807, 2.05) is 43.3 Å². The summed E-state index contributed by atoms with van der Waals surface area (Å²) in [5, 5.41) is 19.1. The molecule has 1 amide bonds. The zero-order chi connectivity index (χ0) is 29.0. The lowest BCUT2D eigenvalue weighted by Gasteiger charge is -2.11. The van der Waals surface area contributed by atoms with Crippen molar-refractivity contribution >= 4 is 44.4 Å². The Balaban J connectivity index is 1.68. The largest absolute Gasteiger partial charge is 0.391 e. The molecule has 8 nitrogen and oxygen atoms in total. The summed E-state index contributed by atoms with van der Waals surface area (Å²) in [5.74, 6) is -0.339. The second kappa shape index (κ2) is 12.2. The van der Waals surface area contributed by atoms with Gasteiger partial charge in [0.1, 0.15) is 0 Å². The highest BCUT2D eigenvalue weighted by atomic mass is 35.5. The lowest BCUT2D eigenvalue weighted by atomic mass is 10.1. The average Bonchev–Trinajstić information content (AvgIpc) is 3.58. The molecule has 4 rings (SSSR count). The van der Waals surface area contributed by atoms with Crippen molar-refractivity contribution in [3.05, 3.63) is 88.7 Å². The molecule has 0 saturated carbocycles. The van der Waals surface area contributed by atoms with E-state index in [0.29, 0.717) is 35.1 Å². The Labute approximate surface area is 243 Å². The van der Waals surface area contributed by atoms with Crippen molar-refractivity contribution in [1.82, 2.24) is 20.4 Å². The minimum Gasteiger partial charge on any atom is -0.391 e. The van der Waals surface area contributed by atoms with Gasteiger partial charge in [0, 0.05) is 36.1 Å². The first-order chi connectivity index (χ1) is 19.0. The van der Waals surface area contributed by atoms with Crippen LogP contribution < -0.4 is 10.6 Å². The first-order valence-electron chi connectivity index (χ1n) is 12.5. The third kappa shape index (κ3) is 6.52. The van der Waals surface area contributed by atoms with E-state index in [9.17, 15) is 13.2 Å². The normalized spacial score (nSPS) is 12.1. The smallest absolute Gasteiger partial charge is 0.271 e. The molecule has 4 aromatic rings. The zero-order valence-corrected chi connectivity index (χ0v) is 25.0. The molecule has 0 unspecified atom stereocenters. The summed E-state index contributed by atoms with van der Waals surface area (Å²) in [6.07, 6.45) is 1.69. The number of para-hydroxylation sites is 1. The highest BCUT2D eigenvalue weighted by Gasteiger charge is 2.20. The van der Waals surface area contributed by atoms with E-state index in [-0.39, 0.29) is 16.5 Å². The Hall–Kier alpha value is -3.73. The second-order valence-electron chi connectivity index (χ2n) is 9.23. The van der Waals surface area contributed by atoms with Gasteiger partial charge < -0.3 is 16.0 Å². The van der Waals surface area contributed by atoms with Gasteiger partial charge >= 0.3 is 0 Å². The molecule has 0 aliphatic rings. The quantitative estimate of drug-likeness (QED) is 0.195. The van der Waals surface area contributed by atoms with E-state index in [2.05, 4.69) is 15.7 Å². The topological polar surface area (TPSA) is 117 Å². The van der Waals surface area contributed by atoms with Crippen LogP contribution in [0.3, 0.4) is 0 Å². The van der Waals surface area contributed by atoms with Gasteiger partial charge in [0.2, 0.25) is 0 Å². The molecular weight excluding hydrogens is 566 g/mol. The first-order valence-corrected chi connectivity index (χ1v) is 15.5. The molecule has 0 aliphatic carbocycles. The van der Waals surface area contributed by atoms with E-state index in [4.69, 9.17) is 17.0 Å². The van der Waals surface area contributed by atoms with Crippen molar-refractivity contribution in [3.63, 3.8) is 0 Å². The third-order valence-electron chi connectivity index (χ3n) is 6.37. The second-order valence-corrected chi connectivity index (χ2v) is 12.7. The van der Waals surface area contributed by atoms with E-state index < -0.39 is 9.84 Å². The summed E-state index contributed by atoms with van der Waals surface area (Å²) >= 11 is 7.98. The summed E-state index contributed by atoms with van der Waals surface area (Å²) in [4.78, 5) is 15.1. The summed E-state index contributed by atoms with van der Waals surface area (Å²) < 4.78 is 25.8. The fourth-order valence-electron chi connectivity index (χ4n) is 4.18. The van der Waals surface area contributed by atoms with Crippen LogP contribution in [0.1, 0.15) is 30.8 Å². The van der Waals surface area contributed by atoms with Gasteiger partial charge in [0.05, 0.1) is 26.2 Å². The van der Waals surface area contributed by atoms with Crippen molar-refractivity contribution in [3.8, 4) is 26.7 Å². The minimum atomic E-state index is -3.34. The summed E-state index contributed by atoms with van der Waals surface area (Å²) in [6, 6.07) is 19.6. The Kier molecular flexibility index (Phi) is 8.92. The lowest BCUT2D eigenvalue weighted by molar-refractivity contribution is 0.0948. The third-order valence-corrected chi connectivity index (χ3v) is 8.96. The number of carbonyl (C=O) groups is 1. The van der Waals surface area contributed by atoms with Gasteiger partial charge in [-0.05, 0) is 73.9 Å². The molecular formula is C29H30ClN5O3S2. The monoisotopic (exact) mass is 595 g/mol.